The van der Waals surface area contributed by atoms with Crippen LogP contribution in [0.2, 0.25) is 0 Å². The van der Waals surface area contributed by atoms with E-state index < -0.39 is 11.9 Å². The number of aryl methyl sites for hydroxylation is 1. The third-order valence-corrected chi connectivity index (χ3v) is 4.37. The van der Waals surface area contributed by atoms with Crippen LogP contribution >= 0.6 is 0 Å². The number of carboxylic acid groups (broad SMARTS) is 1. The molecule has 1 N–H and O–H groups in total. The first-order valence-electron chi connectivity index (χ1n) is 8.67. The predicted octanol–water partition coefficient (Wildman–Crippen LogP) is 3.73. The summed E-state index contributed by atoms with van der Waals surface area (Å²) in [6.07, 6.45) is 0.121. The second-order valence-corrected chi connectivity index (χ2v) is 6.30. The van der Waals surface area contributed by atoms with Gasteiger partial charge in [0, 0.05) is 12.5 Å². The van der Waals surface area contributed by atoms with Gasteiger partial charge in [0.15, 0.2) is 0 Å². The summed E-state index contributed by atoms with van der Waals surface area (Å²) in [5.41, 5.74) is 3.29. The molecule has 0 aliphatic rings. The van der Waals surface area contributed by atoms with Crippen molar-refractivity contribution in [2.75, 3.05) is 7.11 Å². The van der Waals surface area contributed by atoms with E-state index in [1.54, 1.807) is 14.0 Å². The number of rotatable bonds is 7. The van der Waals surface area contributed by atoms with E-state index in [-0.39, 0.29) is 12.3 Å². The summed E-state index contributed by atoms with van der Waals surface area (Å²) in [6.45, 7) is 1.66. The van der Waals surface area contributed by atoms with E-state index in [4.69, 9.17) is 14.4 Å². The van der Waals surface area contributed by atoms with Crippen molar-refractivity contribution in [1.29, 1.82) is 5.26 Å². The van der Waals surface area contributed by atoms with Crippen molar-refractivity contribution in [3.8, 4) is 22.9 Å². The lowest BCUT2D eigenvalue weighted by Crippen LogP contribution is -2.08. The quantitative estimate of drug-likeness (QED) is 0.668. The predicted molar refractivity (Wildman–Crippen MR) is 101 cm³/mol. The van der Waals surface area contributed by atoms with Crippen LogP contribution in [0.4, 0.5) is 0 Å². The van der Waals surface area contributed by atoms with Gasteiger partial charge in [-0.25, -0.2) is 0 Å². The van der Waals surface area contributed by atoms with Crippen molar-refractivity contribution >= 4 is 5.97 Å². The van der Waals surface area contributed by atoms with E-state index in [0.29, 0.717) is 18.1 Å². The molecule has 0 saturated carbocycles. The molecule has 3 rings (SSSR count). The fourth-order valence-corrected chi connectivity index (χ4v) is 3.08. The molecule has 0 saturated heterocycles. The first kappa shape index (κ1) is 19.1. The fraction of sp³-hybridized carbons (Fsp3) is 0.238. The highest BCUT2D eigenvalue weighted by Crippen LogP contribution is 2.35. The molecule has 0 amide bonds. The number of carboxylic acids is 1. The first-order valence-corrected chi connectivity index (χ1v) is 8.67. The molecule has 142 valence electrons. The summed E-state index contributed by atoms with van der Waals surface area (Å²) in [5, 5.41) is 26.1. The van der Waals surface area contributed by atoms with Gasteiger partial charge >= 0.3 is 5.97 Å². The smallest absolute Gasteiger partial charge is 0.304 e. The number of carbonyl (C=O) groups is 1. The molecule has 3 aromatic rings. The molecule has 0 fully saturated rings. The molecule has 1 atom stereocenters. The van der Waals surface area contributed by atoms with Crippen molar-refractivity contribution in [3.63, 3.8) is 0 Å². The zero-order valence-corrected chi connectivity index (χ0v) is 15.5. The summed E-state index contributed by atoms with van der Waals surface area (Å²) < 4.78 is 11.0. The number of aromatic nitrogens is 2. The Bertz CT molecular complexity index is 1040. The number of nitriles is 1. The van der Waals surface area contributed by atoms with Gasteiger partial charge in [-0.15, -0.1) is 10.2 Å². The maximum absolute atomic E-state index is 11.4. The average molecular weight is 377 g/mol. The third kappa shape index (κ3) is 4.18. The van der Waals surface area contributed by atoms with Gasteiger partial charge in [-0.3, -0.25) is 4.79 Å². The second-order valence-electron chi connectivity index (χ2n) is 6.30. The van der Waals surface area contributed by atoms with Crippen molar-refractivity contribution in [2.24, 2.45) is 0 Å². The number of aliphatic carboxylic acids is 1. The van der Waals surface area contributed by atoms with Gasteiger partial charge < -0.3 is 14.3 Å². The van der Waals surface area contributed by atoms with Crippen LogP contribution < -0.4 is 4.74 Å². The van der Waals surface area contributed by atoms with E-state index in [9.17, 15) is 9.90 Å². The molecule has 7 nitrogen and oxygen atoms in total. The molecule has 2 aromatic carbocycles. The van der Waals surface area contributed by atoms with Crippen LogP contribution in [0.1, 0.15) is 35.2 Å². The van der Waals surface area contributed by atoms with Crippen molar-refractivity contribution < 1.29 is 19.1 Å². The normalized spacial score (nSPS) is 11.6. The Morgan fingerprint density at radius 3 is 2.75 bits per heavy atom. The molecule has 0 aliphatic heterocycles. The molecule has 1 unspecified atom stereocenters. The Morgan fingerprint density at radius 1 is 1.29 bits per heavy atom. The van der Waals surface area contributed by atoms with Gasteiger partial charge in [0.2, 0.25) is 11.8 Å². The standard InChI is InChI=1S/C21H19N3O4/c1-13-23-24-21(28-13)18(12-20(25)26)16-5-3-4-15(11-16)17-10-14(8-9-22)6-7-19(17)27-2/h3-7,10-11,18H,8,12H2,1-2H3,(H,25,26). The van der Waals surface area contributed by atoms with Crippen LogP contribution in [0.25, 0.3) is 11.1 Å². The minimum Gasteiger partial charge on any atom is -0.496 e. The van der Waals surface area contributed by atoms with Gasteiger partial charge in [-0.2, -0.15) is 5.26 Å². The highest BCUT2D eigenvalue weighted by Gasteiger charge is 2.24. The largest absolute Gasteiger partial charge is 0.496 e. The van der Waals surface area contributed by atoms with E-state index in [1.165, 1.54) is 0 Å². The minimum absolute atomic E-state index is 0.170. The van der Waals surface area contributed by atoms with Crippen molar-refractivity contribution in [2.45, 2.75) is 25.7 Å². The number of methoxy groups -OCH3 is 1. The molecule has 28 heavy (non-hydrogen) atoms. The SMILES string of the molecule is COc1ccc(CC#N)cc1-c1cccc(C(CC(=O)O)c2nnc(C)o2)c1. The van der Waals surface area contributed by atoms with E-state index >= 15 is 0 Å². The van der Waals surface area contributed by atoms with Crippen LogP contribution in [-0.2, 0) is 11.2 Å². The van der Waals surface area contributed by atoms with Crippen molar-refractivity contribution in [1.82, 2.24) is 10.2 Å². The number of nitrogens with zero attached hydrogens (tertiary/aromatic N) is 3. The van der Waals surface area contributed by atoms with E-state index in [2.05, 4.69) is 16.3 Å². The fourth-order valence-electron chi connectivity index (χ4n) is 3.08. The van der Waals surface area contributed by atoms with Crippen LogP contribution in [0.3, 0.4) is 0 Å². The molecule has 1 aromatic heterocycles. The van der Waals surface area contributed by atoms with Gasteiger partial charge in [0.25, 0.3) is 0 Å². The maximum atomic E-state index is 11.4. The zero-order chi connectivity index (χ0) is 20.1. The van der Waals surface area contributed by atoms with Gasteiger partial charge in [0.05, 0.1) is 31.9 Å². The maximum Gasteiger partial charge on any atom is 0.304 e. The summed E-state index contributed by atoms with van der Waals surface area (Å²) in [7, 11) is 1.58. The summed E-state index contributed by atoms with van der Waals surface area (Å²) >= 11 is 0. The highest BCUT2D eigenvalue weighted by atomic mass is 16.5. The Balaban J connectivity index is 2.07. The molecule has 1 heterocycles. The molecule has 0 spiro atoms. The van der Waals surface area contributed by atoms with E-state index in [1.807, 2.05) is 42.5 Å². The van der Waals surface area contributed by atoms with Crippen molar-refractivity contribution in [3.05, 3.63) is 65.4 Å². The van der Waals surface area contributed by atoms with Crippen LogP contribution in [-0.4, -0.2) is 28.4 Å². The molecule has 0 bridgehead atoms. The summed E-state index contributed by atoms with van der Waals surface area (Å²) in [4.78, 5) is 11.4. The lowest BCUT2D eigenvalue weighted by atomic mass is 9.91. The van der Waals surface area contributed by atoms with Gasteiger partial charge in [-0.1, -0.05) is 30.3 Å². The Labute approximate surface area is 162 Å². The first-order chi connectivity index (χ1) is 13.5. The molecule has 0 radical (unpaired) electrons. The zero-order valence-electron chi connectivity index (χ0n) is 15.5. The van der Waals surface area contributed by atoms with E-state index in [0.717, 1.165) is 22.3 Å². The average Bonchev–Trinajstić information content (AvgIpc) is 3.12. The second kappa shape index (κ2) is 8.35. The Morgan fingerprint density at radius 2 is 2.11 bits per heavy atom. The molecule has 0 aliphatic carbocycles. The number of ether oxygens (including phenoxy) is 1. The monoisotopic (exact) mass is 377 g/mol. The van der Waals surface area contributed by atoms with Gasteiger partial charge in [-0.05, 0) is 28.8 Å². The molecular weight excluding hydrogens is 358 g/mol. The molecular formula is C21H19N3O4. The number of hydrogen-bond donors (Lipinski definition) is 1. The number of hydrogen-bond acceptors (Lipinski definition) is 6. The topological polar surface area (TPSA) is 109 Å². The lowest BCUT2D eigenvalue weighted by Gasteiger charge is -2.15. The Kier molecular flexibility index (Phi) is 5.70. The minimum atomic E-state index is -0.958. The summed E-state index contributed by atoms with van der Waals surface area (Å²) in [6, 6.07) is 15.2. The highest BCUT2D eigenvalue weighted by molar-refractivity contribution is 5.73. The van der Waals surface area contributed by atoms with Crippen LogP contribution in [0, 0.1) is 18.3 Å². The Hall–Kier alpha value is -3.66. The van der Waals surface area contributed by atoms with Gasteiger partial charge in [0.1, 0.15) is 5.75 Å². The molecule has 7 heteroatoms. The summed E-state index contributed by atoms with van der Waals surface area (Å²) in [5.74, 6) is -0.205. The number of benzene rings is 2. The third-order valence-electron chi connectivity index (χ3n) is 4.37. The lowest BCUT2D eigenvalue weighted by molar-refractivity contribution is -0.137. The van der Waals surface area contributed by atoms with Crippen LogP contribution in [0.5, 0.6) is 5.75 Å². The van der Waals surface area contributed by atoms with Crippen LogP contribution in [0.15, 0.2) is 46.9 Å².